The number of nitrogens with zero attached hydrogens (tertiary/aromatic N) is 2. The van der Waals surface area contributed by atoms with Crippen LogP contribution in [0.15, 0.2) is 84.9 Å². The third kappa shape index (κ3) is 3.08. The van der Waals surface area contributed by atoms with Gasteiger partial charge in [-0.3, -0.25) is 19.3 Å². The number of anilines is 1. The molecule has 0 bridgehead atoms. The van der Waals surface area contributed by atoms with Crippen LogP contribution in [0.2, 0.25) is 0 Å². The lowest BCUT2D eigenvalue weighted by Gasteiger charge is -2.48. The Morgan fingerprint density at radius 2 is 1.34 bits per heavy atom. The van der Waals surface area contributed by atoms with Crippen LogP contribution in [0.1, 0.15) is 26.3 Å². The van der Waals surface area contributed by atoms with Crippen molar-refractivity contribution >= 4 is 29.5 Å². The molecule has 0 saturated carbocycles. The molecule has 2 aliphatic heterocycles. The van der Waals surface area contributed by atoms with Gasteiger partial charge in [0.25, 0.3) is 17.7 Å². The Labute approximate surface area is 185 Å². The van der Waals surface area contributed by atoms with Gasteiger partial charge in [0.15, 0.2) is 0 Å². The van der Waals surface area contributed by atoms with Gasteiger partial charge in [-0.25, -0.2) is 0 Å². The van der Waals surface area contributed by atoms with Gasteiger partial charge in [0.1, 0.15) is 11.8 Å². The summed E-state index contributed by atoms with van der Waals surface area (Å²) in [4.78, 5) is 42.0. The monoisotopic (exact) mass is 424 g/mol. The maximum atomic E-state index is 13.3. The smallest absolute Gasteiger partial charge is 0.262 e. The first-order chi connectivity index (χ1) is 15.6. The van der Waals surface area contributed by atoms with Crippen LogP contribution in [-0.2, 0) is 4.79 Å². The van der Waals surface area contributed by atoms with E-state index in [1.165, 1.54) is 0 Å². The molecule has 0 radical (unpaired) electrons. The second-order valence-corrected chi connectivity index (χ2v) is 7.64. The molecule has 1 fully saturated rings. The SMILES string of the molecule is COc1ccc(N2C(=O)C(N3C(=O)c4ccccc4C3=O)C2/C=C\c2ccccc2)cc1. The molecular formula is C26H20N2O4. The lowest BCUT2D eigenvalue weighted by molar-refractivity contribution is -0.128. The Kier molecular flexibility index (Phi) is 4.82. The number of imide groups is 1. The normalized spacial score (nSPS) is 20.0. The first kappa shape index (κ1) is 19.8. The van der Waals surface area contributed by atoms with Crippen molar-refractivity contribution in [3.8, 4) is 5.75 Å². The summed E-state index contributed by atoms with van der Waals surface area (Å²) in [5.74, 6) is -0.490. The number of hydrogen-bond acceptors (Lipinski definition) is 4. The summed E-state index contributed by atoms with van der Waals surface area (Å²) < 4.78 is 5.21. The first-order valence-corrected chi connectivity index (χ1v) is 10.3. The minimum atomic E-state index is -0.899. The molecule has 158 valence electrons. The Bertz CT molecular complexity index is 1200. The number of ether oxygens (including phenoxy) is 1. The fourth-order valence-corrected chi connectivity index (χ4v) is 4.23. The molecule has 2 unspecified atom stereocenters. The van der Waals surface area contributed by atoms with Crippen LogP contribution in [-0.4, -0.2) is 41.8 Å². The van der Waals surface area contributed by atoms with E-state index in [0.29, 0.717) is 22.6 Å². The van der Waals surface area contributed by atoms with Gasteiger partial charge in [-0.05, 0) is 42.0 Å². The van der Waals surface area contributed by atoms with Crippen LogP contribution in [0.3, 0.4) is 0 Å². The zero-order chi connectivity index (χ0) is 22.2. The van der Waals surface area contributed by atoms with Gasteiger partial charge < -0.3 is 9.64 Å². The summed E-state index contributed by atoms with van der Waals surface area (Å²) >= 11 is 0. The van der Waals surface area contributed by atoms with Crippen molar-refractivity contribution in [1.82, 2.24) is 4.90 Å². The van der Waals surface area contributed by atoms with Crippen molar-refractivity contribution in [2.45, 2.75) is 12.1 Å². The molecule has 2 heterocycles. The van der Waals surface area contributed by atoms with Crippen LogP contribution in [0.25, 0.3) is 6.08 Å². The third-order valence-electron chi connectivity index (χ3n) is 5.85. The lowest BCUT2D eigenvalue weighted by Crippen LogP contribution is -2.71. The maximum absolute atomic E-state index is 13.3. The minimum Gasteiger partial charge on any atom is -0.497 e. The van der Waals surface area contributed by atoms with E-state index in [2.05, 4.69) is 0 Å². The number of carbonyl (C=O) groups is 3. The van der Waals surface area contributed by atoms with Crippen molar-refractivity contribution < 1.29 is 19.1 Å². The molecule has 3 amide bonds. The van der Waals surface area contributed by atoms with Crippen LogP contribution in [0, 0.1) is 0 Å². The van der Waals surface area contributed by atoms with E-state index < -0.39 is 23.9 Å². The molecule has 0 aliphatic carbocycles. The number of β-lactam (4-membered cyclic amide) rings is 1. The third-order valence-corrected chi connectivity index (χ3v) is 5.85. The molecule has 2 atom stereocenters. The number of amides is 3. The van der Waals surface area contributed by atoms with E-state index in [-0.39, 0.29) is 5.91 Å². The standard InChI is InChI=1S/C26H20N2O4/c1-32-19-14-12-18(13-15-19)27-22(16-11-17-7-3-2-4-8-17)23(26(27)31)28-24(29)20-9-5-6-10-21(20)25(28)30/h2-16,22-23H,1H3/b16-11-. The summed E-state index contributed by atoms with van der Waals surface area (Å²) in [5, 5.41) is 0. The summed E-state index contributed by atoms with van der Waals surface area (Å²) in [6.45, 7) is 0. The second kappa shape index (κ2) is 7.81. The Morgan fingerprint density at radius 1 is 0.750 bits per heavy atom. The molecule has 6 nitrogen and oxygen atoms in total. The average Bonchev–Trinajstić information content (AvgIpc) is 3.08. The van der Waals surface area contributed by atoms with Gasteiger partial charge in [-0.1, -0.05) is 54.6 Å². The number of hydrogen-bond donors (Lipinski definition) is 0. The molecule has 0 aromatic heterocycles. The van der Waals surface area contributed by atoms with Gasteiger partial charge in [0.2, 0.25) is 0 Å². The highest BCUT2D eigenvalue weighted by Crippen LogP contribution is 2.37. The van der Waals surface area contributed by atoms with Crippen molar-refractivity contribution in [3.05, 3.63) is 102 Å². The highest BCUT2D eigenvalue weighted by atomic mass is 16.5. The molecule has 5 rings (SSSR count). The molecule has 6 heteroatoms. The fourth-order valence-electron chi connectivity index (χ4n) is 4.23. The maximum Gasteiger partial charge on any atom is 0.262 e. The summed E-state index contributed by atoms with van der Waals surface area (Å²) in [6.07, 6.45) is 3.77. The van der Waals surface area contributed by atoms with Gasteiger partial charge in [-0.2, -0.15) is 0 Å². The molecule has 0 spiro atoms. The van der Waals surface area contributed by atoms with Gasteiger partial charge >= 0.3 is 0 Å². The largest absolute Gasteiger partial charge is 0.497 e. The first-order valence-electron chi connectivity index (χ1n) is 10.3. The van der Waals surface area contributed by atoms with Crippen LogP contribution >= 0.6 is 0 Å². The van der Waals surface area contributed by atoms with Crippen molar-refractivity contribution in [2.24, 2.45) is 0 Å². The van der Waals surface area contributed by atoms with Crippen LogP contribution in [0.4, 0.5) is 5.69 Å². The fraction of sp³-hybridized carbons (Fsp3) is 0.115. The van der Waals surface area contributed by atoms with Gasteiger partial charge in [-0.15, -0.1) is 0 Å². The number of carbonyl (C=O) groups excluding carboxylic acids is 3. The predicted octanol–water partition coefficient (Wildman–Crippen LogP) is 3.79. The van der Waals surface area contributed by atoms with Crippen molar-refractivity contribution in [2.75, 3.05) is 12.0 Å². The number of benzene rings is 3. The van der Waals surface area contributed by atoms with E-state index in [1.54, 1.807) is 60.5 Å². The highest BCUT2D eigenvalue weighted by Gasteiger charge is 2.55. The molecule has 3 aromatic rings. The van der Waals surface area contributed by atoms with Gasteiger partial charge in [0, 0.05) is 5.69 Å². The van der Waals surface area contributed by atoms with Gasteiger partial charge in [0.05, 0.1) is 24.3 Å². The van der Waals surface area contributed by atoms with E-state index in [9.17, 15) is 14.4 Å². The number of fused-ring (bicyclic) bond motifs is 1. The lowest BCUT2D eigenvalue weighted by atomic mass is 9.91. The minimum absolute atomic E-state index is 0.299. The molecule has 3 aromatic carbocycles. The Hall–Kier alpha value is -4.19. The van der Waals surface area contributed by atoms with Crippen LogP contribution in [0.5, 0.6) is 5.75 Å². The predicted molar refractivity (Wildman–Crippen MR) is 120 cm³/mol. The molecule has 32 heavy (non-hydrogen) atoms. The Morgan fingerprint density at radius 3 is 1.94 bits per heavy atom. The molecular weight excluding hydrogens is 404 g/mol. The summed E-state index contributed by atoms with van der Waals surface area (Å²) in [5.41, 5.74) is 2.30. The molecule has 2 aliphatic rings. The van der Waals surface area contributed by atoms with Crippen LogP contribution < -0.4 is 9.64 Å². The van der Waals surface area contributed by atoms with E-state index in [0.717, 1.165) is 10.5 Å². The summed E-state index contributed by atoms with van der Waals surface area (Å²) in [6, 6.07) is 22.1. The van der Waals surface area contributed by atoms with E-state index in [4.69, 9.17) is 4.74 Å². The highest BCUT2D eigenvalue weighted by molar-refractivity contribution is 6.24. The second-order valence-electron chi connectivity index (χ2n) is 7.64. The molecule has 1 saturated heterocycles. The van der Waals surface area contributed by atoms with Crippen molar-refractivity contribution in [1.29, 1.82) is 0 Å². The number of rotatable bonds is 5. The van der Waals surface area contributed by atoms with Crippen molar-refractivity contribution in [3.63, 3.8) is 0 Å². The Balaban J connectivity index is 1.51. The zero-order valence-corrected chi connectivity index (χ0v) is 17.3. The quantitative estimate of drug-likeness (QED) is 0.462. The number of methoxy groups -OCH3 is 1. The zero-order valence-electron chi connectivity index (χ0n) is 17.3. The van der Waals surface area contributed by atoms with E-state index in [1.807, 2.05) is 42.5 Å². The molecule has 0 N–H and O–H groups in total. The topological polar surface area (TPSA) is 66.9 Å². The average molecular weight is 424 g/mol. The van der Waals surface area contributed by atoms with E-state index >= 15 is 0 Å². The summed E-state index contributed by atoms with van der Waals surface area (Å²) in [7, 11) is 1.58.